The highest BCUT2D eigenvalue weighted by Gasteiger charge is 2.39. The van der Waals surface area contributed by atoms with Crippen LogP contribution in [-0.4, -0.2) is 36.8 Å². The van der Waals surface area contributed by atoms with Gasteiger partial charge in [0.25, 0.3) is 5.95 Å². The van der Waals surface area contributed by atoms with Gasteiger partial charge in [-0.25, -0.2) is 0 Å². The molecule has 5 heteroatoms. The van der Waals surface area contributed by atoms with E-state index >= 15 is 0 Å². The number of hydrogen-bond acceptors (Lipinski definition) is 5. The largest absolute Gasteiger partial charge is 0.342 e. The Morgan fingerprint density at radius 1 is 1.50 bits per heavy atom. The first-order valence-electron chi connectivity index (χ1n) is 5.98. The van der Waals surface area contributed by atoms with Crippen LogP contribution in [0.25, 0.3) is 0 Å². The Balaban J connectivity index is 2.23. The van der Waals surface area contributed by atoms with Crippen molar-refractivity contribution in [1.29, 1.82) is 0 Å². The van der Waals surface area contributed by atoms with Gasteiger partial charge in [-0.2, -0.15) is 4.98 Å². The number of nitrogens with one attached hydrogen (secondary N) is 1. The normalized spacial score (nSPS) is 24.9. The van der Waals surface area contributed by atoms with Gasteiger partial charge in [-0.1, -0.05) is 6.92 Å². The fourth-order valence-electron chi connectivity index (χ4n) is 2.11. The molecule has 0 saturated carbocycles. The van der Waals surface area contributed by atoms with E-state index in [1.807, 2.05) is 11.9 Å². The van der Waals surface area contributed by atoms with Crippen molar-refractivity contribution < 1.29 is 4.52 Å². The number of anilines is 1. The van der Waals surface area contributed by atoms with E-state index < -0.39 is 0 Å². The predicted octanol–water partition coefficient (Wildman–Crippen LogP) is 1.17. The Morgan fingerprint density at radius 3 is 2.88 bits per heavy atom. The zero-order valence-corrected chi connectivity index (χ0v) is 10.3. The van der Waals surface area contributed by atoms with Gasteiger partial charge in [0.05, 0.1) is 5.41 Å². The highest BCUT2D eigenvalue weighted by atomic mass is 16.5. The zero-order valence-electron chi connectivity index (χ0n) is 10.3. The molecule has 1 N–H and O–H groups in total. The van der Waals surface area contributed by atoms with Crippen LogP contribution >= 0.6 is 0 Å². The fourth-order valence-corrected chi connectivity index (χ4v) is 2.11. The van der Waals surface area contributed by atoms with Crippen molar-refractivity contribution in [3.05, 3.63) is 5.89 Å². The lowest BCUT2D eigenvalue weighted by Gasteiger charge is -2.21. The summed E-state index contributed by atoms with van der Waals surface area (Å²) in [6.45, 7) is 7.12. The molecule has 5 nitrogen and oxygen atoms in total. The van der Waals surface area contributed by atoms with Gasteiger partial charge < -0.3 is 14.7 Å². The average Bonchev–Trinajstić information content (AvgIpc) is 2.96. The maximum Gasteiger partial charge on any atom is 0.265 e. The molecule has 2 heterocycles. The third-order valence-corrected chi connectivity index (χ3v) is 3.61. The molecule has 2 rings (SSSR count). The highest BCUT2D eigenvalue weighted by Crippen LogP contribution is 2.33. The van der Waals surface area contributed by atoms with Gasteiger partial charge in [0.1, 0.15) is 0 Å². The van der Waals surface area contributed by atoms with Crippen molar-refractivity contribution in [3.8, 4) is 0 Å². The van der Waals surface area contributed by atoms with E-state index in [0.29, 0.717) is 5.95 Å². The molecule has 16 heavy (non-hydrogen) atoms. The molecule has 1 aliphatic rings. The Hall–Kier alpha value is -1.10. The molecular formula is C11H20N4O. The molecule has 0 amide bonds. The second-order valence-electron chi connectivity index (χ2n) is 4.47. The summed E-state index contributed by atoms with van der Waals surface area (Å²) in [5, 5.41) is 7.41. The molecule has 1 aliphatic heterocycles. The van der Waals surface area contributed by atoms with E-state index in [2.05, 4.69) is 29.3 Å². The lowest BCUT2D eigenvalue weighted by atomic mass is 9.84. The number of hydrogen-bond donors (Lipinski definition) is 1. The summed E-state index contributed by atoms with van der Waals surface area (Å²) < 4.78 is 5.42. The van der Waals surface area contributed by atoms with Gasteiger partial charge in [0, 0.05) is 20.1 Å². The summed E-state index contributed by atoms with van der Waals surface area (Å²) in [6.07, 6.45) is 2.12. The lowest BCUT2D eigenvalue weighted by Crippen LogP contribution is -2.28. The van der Waals surface area contributed by atoms with E-state index in [-0.39, 0.29) is 5.41 Å². The molecule has 1 saturated heterocycles. The molecule has 0 spiro atoms. The van der Waals surface area contributed by atoms with Crippen molar-refractivity contribution in [1.82, 2.24) is 15.5 Å². The van der Waals surface area contributed by atoms with Crippen LogP contribution in [0.3, 0.4) is 0 Å². The first-order chi connectivity index (χ1) is 7.72. The second-order valence-corrected chi connectivity index (χ2v) is 4.47. The Kier molecular flexibility index (Phi) is 3.14. The molecular weight excluding hydrogens is 204 g/mol. The van der Waals surface area contributed by atoms with Crippen LogP contribution in [0.5, 0.6) is 0 Å². The molecule has 0 aromatic carbocycles. The van der Waals surface area contributed by atoms with Gasteiger partial charge >= 0.3 is 0 Å². The predicted molar refractivity (Wildman–Crippen MR) is 62.7 cm³/mol. The third kappa shape index (κ3) is 1.80. The minimum absolute atomic E-state index is 0.0554. The average molecular weight is 224 g/mol. The van der Waals surface area contributed by atoms with E-state index in [9.17, 15) is 0 Å². The number of nitrogens with zero attached hydrogens (tertiary/aromatic N) is 3. The van der Waals surface area contributed by atoms with Gasteiger partial charge in [0.15, 0.2) is 0 Å². The molecule has 1 atom stereocenters. The van der Waals surface area contributed by atoms with Gasteiger partial charge in [0.2, 0.25) is 5.89 Å². The van der Waals surface area contributed by atoms with Crippen LogP contribution in [0.2, 0.25) is 0 Å². The van der Waals surface area contributed by atoms with Crippen molar-refractivity contribution in [3.63, 3.8) is 0 Å². The zero-order chi connectivity index (χ0) is 11.6. The van der Waals surface area contributed by atoms with Crippen LogP contribution < -0.4 is 10.2 Å². The smallest absolute Gasteiger partial charge is 0.265 e. The monoisotopic (exact) mass is 224 g/mol. The van der Waals surface area contributed by atoms with Crippen LogP contribution in [0.15, 0.2) is 4.52 Å². The number of aromatic nitrogens is 2. The topological polar surface area (TPSA) is 54.2 Å². The SMILES string of the molecule is CCN(C)c1noc(C2(CC)CCNC2)n1. The highest BCUT2D eigenvalue weighted by molar-refractivity contribution is 5.27. The second kappa shape index (κ2) is 4.41. The van der Waals surface area contributed by atoms with Crippen LogP contribution in [0.4, 0.5) is 5.95 Å². The van der Waals surface area contributed by atoms with Crippen molar-refractivity contribution in [2.24, 2.45) is 0 Å². The maximum absolute atomic E-state index is 5.42. The van der Waals surface area contributed by atoms with Crippen molar-refractivity contribution in [2.45, 2.75) is 32.1 Å². The third-order valence-electron chi connectivity index (χ3n) is 3.61. The molecule has 1 aromatic heterocycles. The first kappa shape index (κ1) is 11.4. The van der Waals surface area contributed by atoms with Crippen LogP contribution in [0.1, 0.15) is 32.6 Å². The Morgan fingerprint density at radius 2 is 2.31 bits per heavy atom. The lowest BCUT2D eigenvalue weighted by molar-refractivity contribution is 0.285. The van der Waals surface area contributed by atoms with E-state index in [0.717, 1.165) is 38.4 Å². The van der Waals surface area contributed by atoms with Gasteiger partial charge in [-0.05, 0) is 31.5 Å². The molecule has 90 valence electrons. The van der Waals surface area contributed by atoms with E-state index in [1.54, 1.807) is 0 Å². The summed E-state index contributed by atoms with van der Waals surface area (Å²) in [7, 11) is 1.97. The van der Waals surface area contributed by atoms with E-state index in [4.69, 9.17) is 4.52 Å². The Bertz CT molecular complexity index is 344. The molecule has 0 bridgehead atoms. The van der Waals surface area contributed by atoms with Crippen LogP contribution in [-0.2, 0) is 5.41 Å². The standard InChI is InChI=1S/C11H20N4O/c1-4-11(6-7-12-8-11)9-13-10(14-16-9)15(3)5-2/h12H,4-8H2,1-3H3. The Labute approximate surface area is 96.2 Å². The fraction of sp³-hybridized carbons (Fsp3) is 0.818. The minimum Gasteiger partial charge on any atom is -0.342 e. The molecule has 1 unspecified atom stereocenters. The molecule has 1 fully saturated rings. The summed E-state index contributed by atoms with van der Waals surface area (Å²) >= 11 is 0. The maximum atomic E-state index is 5.42. The molecule has 1 aromatic rings. The van der Waals surface area contributed by atoms with Crippen molar-refractivity contribution in [2.75, 3.05) is 31.6 Å². The van der Waals surface area contributed by atoms with Gasteiger partial charge in [-0.15, -0.1) is 0 Å². The summed E-state index contributed by atoms with van der Waals surface area (Å²) in [4.78, 5) is 6.50. The summed E-state index contributed by atoms with van der Waals surface area (Å²) in [6, 6.07) is 0. The first-order valence-corrected chi connectivity index (χ1v) is 5.98. The summed E-state index contributed by atoms with van der Waals surface area (Å²) in [5.74, 6) is 1.48. The van der Waals surface area contributed by atoms with Gasteiger partial charge in [-0.3, -0.25) is 0 Å². The quantitative estimate of drug-likeness (QED) is 0.832. The number of rotatable bonds is 4. The van der Waals surface area contributed by atoms with Crippen molar-refractivity contribution >= 4 is 5.95 Å². The van der Waals surface area contributed by atoms with Crippen LogP contribution in [0, 0.1) is 0 Å². The summed E-state index contributed by atoms with van der Waals surface area (Å²) in [5.41, 5.74) is 0.0554. The van der Waals surface area contributed by atoms with E-state index in [1.165, 1.54) is 0 Å². The molecule has 0 radical (unpaired) electrons. The minimum atomic E-state index is 0.0554. The molecule has 0 aliphatic carbocycles.